The fraction of sp³-hybridized carbons (Fsp3) is 0.333. The molecule has 0 unspecified atom stereocenters. The minimum absolute atomic E-state index is 0.189. The first kappa shape index (κ1) is 12.4. The average molecular weight is 396 g/mol. The second-order valence-electron chi connectivity index (χ2n) is 3.81. The number of unbranched alkanes of at least 4 members (excludes halogenated alkanes) is 1. The van der Waals surface area contributed by atoms with Crippen molar-refractivity contribution in [3.05, 3.63) is 32.2 Å². The molecular formula is C12H12BrFIN. The Labute approximate surface area is 116 Å². The van der Waals surface area contributed by atoms with Crippen LogP contribution in [0.15, 0.2) is 22.8 Å². The predicted molar refractivity (Wildman–Crippen MR) is 77.2 cm³/mol. The van der Waals surface area contributed by atoms with Gasteiger partial charge in [-0.15, -0.1) is 0 Å². The number of benzene rings is 1. The van der Waals surface area contributed by atoms with Crippen molar-refractivity contribution < 1.29 is 4.39 Å². The topological polar surface area (TPSA) is 4.93 Å². The minimum atomic E-state index is -0.189. The van der Waals surface area contributed by atoms with E-state index in [0.717, 1.165) is 38.3 Å². The molecule has 4 heteroatoms. The van der Waals surface area contributed by atoms with Crippen LogP contribution in [0.3, 0.4) is 0 Å². The molecule has 0 saturated carbocycles. The maximum atomic E-state index is 13.3. The van der Waals surface area contributed by atoms with Crippen LogP contribution in [0.4, 0.5) is 4.39 Å². The quantitative estimate of drug-likeness (QED) is 0.648. The van der Waals surface area contributed by atoms with Crippen molar-refractivity contribution in [2.75, 3.05) is 0 Å². The summed E-state index contributed by atoms with van der Waals surface area (Å²) < 4.78 is 17.4. The van der Waals surface area contributed by atoms with Crippen LogP contribution in [0.25, 0.3) is 10.9 Å². The molecule has 2 rings (SSSR count). The molecule has 16 heavy (non-hydrogen) atoms. The van der Waals surface area contributed by atoms with Crippen molar-refractivity contribution in [3.63, 3.8) is 0 Å². The molecule has 0 aliphatic carbocycles. The van der Waals surface area contributed by atoms with Crippen LogP contribution in [-0.2, 0) is 6.54 Å². The Balaban J connectivity index is 2.59. The molecule has 0 N–H and O–H groups in total. The van der Waals surface area contributed by atoms with Gasteiger partial charge in [0.05, 0.1) is 5.52 Å². The molecule has 1 nitrogen and oxygen atoms in total. The second kappa shape index (κ2) is 5.04. The average Bonchev–Trinajstić information content (AvgIpc) is 2.53. The standard InChI is InChI=1S/C12H12BrFIN/c1-2-3-4-16-7-11(15)9-5-8(14)6-10(13)12(9)16/h5-7H,2-4H2,1H3. The molecule has 0 aliphatic heterocycles. The van der Waals surface area contributed by atoms with Crippen LogP contribution in [0.1, 0.15) is 19.8 Å². The fourth-order valence-corrected chi connectivity index (χ4v) is 3.22. The van der Waals surface area contributed by atoms with Gasteiger partial charge in [-0.25, -0.2) is 4.39 Å². The number of nitrogens with zero attached hydrogens (tertiary/aromatic N) is 1. The number of rotatable bonds is 3. The molecule has 86 valence electrons. The highest BCUT2D eigenvalue weighted by molar-refractivity contribution is 14.1. The number of hydrogen-bond donors (Lipinski definition) is 0. The maximum absolute atomic E-state index is 13.3. The fourth-order valence-electron chi connectivity index (χ4n) is 1.82. The zero-order valence-corrected chi connectivity index (χ0v) is 12.7. The van der Waals surface area contributed by atoms with Gasteiger partial charge < -0.3 is 4.57 Å². The van der Waals surface area contributed by atoms with Gasteiger partial charge in [0.1, 0.15) is 5.82 Å². The Hall–Kier alpha value is -0.100. The van der Waals surface area contributed by atoms with E-state index in [1.165, 1.54) is 6.07 Å². The van der Waals surface area contributed by atoms with Crippen molar-refractivity contribution in [1.29, 1.82) is 0 Å². The highest BCUT2D eigenvalue weighted by Crippen LogP contribution is 2.30. The summed E-state index contributed by atoms with van der Waals surface area (Å²) in [7, 11) is 0. The first-order valence-electron chi connectivity index (χ1n) is 5.27. The molecule has 2 aromatic rings. The lowest BCUT2D eigenvalue weighted by atomic mass is 10.2. The van der Waals surface area contributed by atoms with Crippen molar-refractivity contribution in [2.24, 2.45) is 0 Å². The van der Waals surface area contributed by atoms with Gasteiger partial charge >= 0.3 is 0 Å². The lowest BCUT2D eigenvalue weighted by molar-refractivity contribution is 0.627. The number of aromatic nitrogens is 1. The summed E-state index contributed by atoms with van der Waals surface area (Å²) >= 11 is 5.70. The van der Waals surface area contributed by atoms with E-state index in [1.807, 2.05) is 0 Å². The van der Waals surface area contributed by atoms with Gasteiger partial charge in [0.15, 0.2) is 0 Å². The van der Waals surface area contributed by atoms with Crippen LogP contribution in [0.2, 0.25) is 0 Å². The number of halogens is 3. The lowest BCUT2D eigenvalue weighted by Crippen LogP contribution is -1.96. The molecule has 1 heterocycles. The summed E-state index contributed by atoms with van der Waals surface area (Å²) in [5.74, 6) is -0.189. The van der Waals surface area contributed by atoms with Crippen molar-refractivity contribution >= 4 is 49.4 Å². The smallest absolute Gasteiger partial charge is 0.125 e. The molecule has 0 saturated heterocycles. The predicted octanol–water partition coefficient (Wildman–Crippen LogP) is 4.95. The minimum Gasteiger partial charge on any atom is -0.345 e. The molecule has 0 fully saturated rings. The van der Waals surface area contributed by atoms with Crippen LogP contribution >= 0.6 is 38.5 Å². The van der Waals surface area contributed by atoms with E-state index >= 15 is 0 Å². The highest BCUT2D eigenvalue weighted by atomic mass is 127. The third kappa shape index (κ3) is 2.27. The van der Waals surface area contributed by atoms with Crippen LogP contribution < -0.4 is 0 Å². The molecule has 0 amide bonds. The van der Waals surface area contributed by atoms with E-state index in [1.54, 1.807) is 6.07 Å². The summed E-state index contributed by atoms with van der Waals surface area (Å²) in [5, 5.41) is 0.989. The van der Waals surface area contributed by atoms with E-state index < -0.39 is 0 Å². The highest BCUT2D eigenvalue weighted by Gasteiger charge is 2.11. The summed E-state index contributed by atoms with van der Waals surface area (Å²) in [6, 6.07) is 3.13. The van der Waals surface area contributed by atoms with Crippen molar-refractivity contribution in [3.8, 4) is 0 Å². The van der Waals surface area contributed by atoms with Gasteiger partial charge in [0.2, 0.25) is 0 Å². The van der Waals surface area contributed by atoms with Gasteiger partial charge in [-0.1, -0.05) is 13.3 Å². The molecule has 0 radical (unpaired) electrons. The number of hydrogen-bond acceptors (Lipinski definition) is 0. The van der Waals surface area contributed by atoms with Crippen molar-refractivity contribution in [1.82, 2.24) is 4.57 Å². The third-order valence-corrected chi connectivity index (χ3v) is 4.06. The van der Waals surface area contributed by atoms with Gasteiger partial charge in [-0.2, -0.15) is 0 Å². The summed E-state index contributed by atoms with van der Waals surface area (Å²) in [6.07, 6.45) is 4.39. The zero-order valence-electron chi connectivity index (χ0n) is 8.93. The van der Waals surface area contributed by atoms with E-state index in [0.29, 0.717) is 0 Å². The summed E-state index contributed by atoms with van der Waals surface area (Å²) in [4.78, 5) is 0. The molecule has 0 aliphatic rings. The van der Waals surface area contributed by atoms with Crippen molar-refractivity contribution in [2.45, 2.75) is 26.3 Å². The molecule has 0 spiro atoms. The molecule has 0 bridgehead atoms. The largest absolute Gasteiger partial charge is 0.345 e. The Bertz CT molecular complexity index is 521. The van der Waals surface area contributed by atoms with Crippen LogP contribution in [-0.4, -0.2) is 4.57 Å². The van der Waals surface area contributed by atoms with Gasteiger partial charge in [-0.05, 0) is 57.1 Å². The maximum Gasteiger partial charge on any atom is 0.125 e. The Morgan fingerprint density at radius 2 is 2.19 bits per heavy atom. The second-order valence-corrected chi connectivity index (χ2v) is 5.82. The first-order chi connectivity index (χ1) is 7.63. The molecule has 0 atom stereocenters. The van der Waals surface area contributed by atoms with Crippen LogP contribution in [0.5, 0.6) is 0 Å². The number of aryl methyl sites for hydroxylation is 1. The Morgan fingerprint density at radius 3 is 2.88 bits per heavy atom. The van der Waals surface area contributed by atoms with E-state index in [9.17, 15) is 4.39 Å². The van der Waals surface area contributed by atoms with E-state index in [2.05, 4.69) is 56.2 Å². The lowest BCUT2D eigenvalue weighted by Gasteiger charge is -2.05. The Kier molecular flexibility index (Phi) is 3.89. The first-order valence-corrected chi connectivity index (χ1v) is 7.14. The van der Waals surface area contributed by atoms with E-state index in [4.69, 9.17) is 0 Å². The van der Waals surface area contributed by atoms with Gasteiger partial charge in [0.25, 0.3) is 0 Å². The van der Waals surface area contributed by atoms with Gasteiger partial charge in [-0.3, -0.25) is 0 Å². The Morgan fingerprint density at radius 1 is 1.44 bits per heavy atom. The normalized spacial score (nSPS) is 11.2. The van der Waals surface area contributed by atoms with Crippen LogP contribution in [0, 0.1) is 9.39 Å². The molecule has 1 aromatic carbocycles. The molecule has 1 aromatic heterocycles. The zero-order chi connectivity index (χ0) is 11.7. The van der Waals surface area contributed by atoms with Gasteiger partial charge in [0, 0.05) is 26.2 Å². The SMILES string of the molecule is CCCCn1cc(I)c2cc(F)cc(Br)c21. The third-order valence-electron chi connectivity index (χ3n) is 2.59. The number of fused-ring (bicyclic) bond motifs is 1. The monoisotopic (exact) mass is 395 g/mol. The molecular weight excluding hydrogens is 384 g/mol. The van der Waals surface area contributed by atoms with E-state index in [-0.39, 0.29) is 5.82 Å². The summed E-state index contributed by atoms with van der Waals surface area (Å²) in [5.41, 5.74) is 1.10. The summed E-state index contributed by atoms with van der Waals surface area (Å²) in [6.45, 7) is 3.16.